The first kappa shape index (κ1) is 29.3. The number of carbonyl (C=O) groups is 2. The van der Waals surface area contributed by atoms with E-state index in [1.807, 2.05) is 51.1 Å². The standard InChI is InChI=1S/C29H40N6O5/c1-6-29(2,3)30-28(37)26(21-10-9-13-24(38-4)27(21)39-5)34(15-14-33-16-18-40-19-17-33)25(36)20-35-23-12-8-7-11-22(23)31-32-35/h7-13,26H,6,14-20H2,1-5H3,(H,30,37). The Labute approximate surface area is 235 Å². The van der Waals surface area contributed by atoms with E-state index in [0.717, 1.165) is 18.6 Å². The molecule has 2 aromatic carbocycles. The van der Waals surface area contributed by atoms with Crippen molar-refractivity contribution in [3.63, 3.8) is 0 Å². The monoisotopic (exact) mass is 552 g/mol. The van der Waals surface area contributed by atoms with E-state index in [9.17, 15) is 9.59 Å². The summed E-state index contributed by atoms with van der Waals surface area (Å²) in [5.41, 5.74) is 1.51. The van der Waals surface area contributed by atoms with Gasteiger partial charge in [0.25, 0.3) is 0 Å². The van der Waals surface area contributed by atoms with Gasteiger partial charge >= 0.3 is 0 Å². The lowest BCUT2D eigenvalue weighted by molar-refractivity contribution is -0.142. The van der Waals surface area contributed by atoms with Crippen LogP contribution in [0.1, 0.15) is 38.8 Å². The summed E-state index contributed by atoms with van der Waals surface area (Å²) in [5, 5.41) is 11.6. The Morgan fingerprint density at radius 2 is 1.85 bits per heavy atom. The fourth-order valence-electron chi connectivity index (χ4n) is 4.79. The first-order valence-electron chi connectivity index (χ1n) is 13.7. The molecule has 3 aromatic rings. The van der Waals surface area contributed by atoms with Crippen molar-refractivity contribution in [1.82, 2.24) is 30.1 Å². The number of carbonyl (C=O) groups excluding carboxylic acids is 2. The summed E-state index contributed by atoms with van der Waals surface area (Å²) in [4.78, 5) is 32.2. The number of ether oxygens (including phenoxy) is 3. The molecule has 1 fully saturated rings. The van der Waals surface area contributed by atoms with E-state index >= 15 is 0 Å². The smallest absolute Gasteiger partial charge is 0.248 e. The number of para-hydroxylation sites is 2. The van der Waals surface area contributed by atoms with Crippen LogP contribution in [0.2, 0.25) is 0 Å². The van der Waals surface area contributed by atoms with Crippen LogP contribution in [0.5, 0.6) is 11.5 Å². The average molecular weight is 553 g/mol. The molecular formula is C29H40N6O5. The van der Waals surface area contributed by atoms with Crippen LogP contribution in [0.15, 0.2) is 42.5 Å². The highest BCUT2D eigenvalue weighted by Gasteiger charge is 2.37. The first-order valence-corrected chi connectivity index (χ1v) is 13.7. The highest BCUT2D eigenvalue weighted by atomic mass is 16.5. The Morgan fingerprint density at radius 3 is 2.55 bits per heavy atom. The Morgan fingerprint density at radius 1 is 1.10 bits per heavy atom. The van der Waals surface area contributed by atoms with E-state index in [2.05, 4.69) is 20.5 Å². The SMILES string of the molecule is CCC(C)(C)NC(=O)C(c1cccc(OC)c1OC)N(CCN1CCOCC1)C(=O)Cn1nnc2ccccc21. The number of benzene rings is 2. The second-order valence-electron chi connectivity index (χ2n) is 10.5. The number of hydrogen-bond donors (Lipinski definition) is 1. The van der Waals surface area contributed by atoms with Crippen LogP contribution in [0.3, 0.4) is 0 Å². The van der Waals surface area contributed by atoms with E-state index in [0.29, 0.717) is 55.3 Å². The van der Waals surface area contributed by atoms with Gasteiger partial charge in [0.1, 0.15) is 18.1 Å². The molecule has 216 valence electrons. The lowest BCUT2D eigenvalue weighted by atomic mass is 9.97. The minimum absolute atomic E-state index is 0.0726. The highest BCUT2D eigenvalue weighted by Crippen LogP contribution is 2.37. The van der Waals surface area contributed by atoms with E-state index in [1.165, 1.54) is 7.11 Å². The molecule has 0 bridgehead atoms. The molecule has 40 heavy (non-hydrogen) atoms. The number of morpholine rings is 1. The first-order chi connectivity index (χ1) is 19.3. The van der Waals surface area contributed by atoms with Crippen molar-refractivity contribution in [3.05, 3.63) is 48.0 Å². The molecule has 11 heteroatoms. The van der Waals surface area contributed by atoms with Crippen LogP contribution in [0.4, 0.5) is 0 Å². The predicted molar refractivity (Wildman–Crippen MR) is 151 cm³/mol. The quantitative estimate of drug-likeness (QED) is 0.365. The van der Waals surface area contributed by atoms with Gasteiger partial charge in [0.2, 0.25) is 11.8 Å². The molecule has 1 aliphatic rings. The normalized spacial score (nSPS) is 15.0. The Kier molecular flexibility index (Phi) is 9.59. The fourth-order valence-corrected chi connectivity index (χ4v) is 4.79. The average Bonchev–Trinajstić information content (AvgIpc) is 3.37. The molecule has 2 amide bonds. The van der Waals surface area contributed by atoms with Gasteiger partial charge < -0.3 is 24.4 Å². The summed E-state index contributed by atoms with van der Waals surface area (Å²) in [6.45, 7) is 9.56. The van der Waals surface area contributed by atoms with Crippen molar-refractivity contribution in [2.75, 3.05) is 53.6 Å². The van der Waals surface area contributed by atoms with Crippen LogP contribution in [-0.2, 0) is 20.9 Å². The zero-order valence-corrected chi connectivity index (χ0v) is 24.1. The molecule has 2 heterocycles. The molecular weight excluding hydrogens is 512 g/mol. The van der Waals surface area contributed by atoms with Crippen molar-refractivity contribution in [3.8, 4) is 11.5 Å². The maximum atomic E-state index is 14.2. The highest BCUT2D eigenvalue weighted by molar-refractivity contribution is 5.90. The number of rotatable bonds is 12. The third-order valence-electron chi connectivity index (χ3n) is 7.42. The second kappa shape index (κ2) is 13.1. The minimum atomic E-state index is -0.973. The summed E-state index contributed by atoms with van der Waals surface area (Å²) < 4.78 is 18.4. The molecule has 1 atom stereocenters. The van der Waals surface area contributed by atoms with Crippen molar-refractivity contribution in [1.29, 1.82) is 0 Å². The topological polar surface area (TPSA) is 111 Å². The van der Waals surface area contributed by atoms with Crippen LogP contribution < -0.4 is 14.8 Å². The second-order valence-corrected chi connectivity index (χ2v) is 10.5. The number of fused-ring (bicyclic) bond motifs is 1. The van der Waals surface area contributed by atoms with Gasteiger partial charge in [0.05, 0.1) is 33.0 Å². The number of methoxy groups -OCH3 is 2. The van der Waals surface area contributed by atoms with Gasteiger partial charge in [-0.25, -0.2) is 4.68 Å². The zero-order valence-electron chi connectivity index (χ0n) is 24.1. The van der Waals surface area contributed by atoms with Crippen molar-refractivity contribution in [2.24, 2.45) is 0 Å². The van der Waals surface area contributed by atoms with Crippen molar-refractivity contribution >= 4 is 22.8 Å². The van der Waals surface area contributed by atoms with Gasteiger partial charge in [0.15, 0.2) is 11.5 Å². The Hall–Kier alpha value is -3.70. The third-order valence-corrected chi connectivity index (χ3v) is 7.42. The summed E-state index contributed by atoms with van der Waals surface area (Å²) >= 11 is 0. The summed E-state index contributed by atoms with van der Waals surface area (Å²) in [7, 11) is 3.09. The van der Waals surface area contributed by atoms with E-state index < -0.39 is 11.6 Å². The molecule has 1 unspecified atom stereocenters. The lowest BCUT2D eigenvalue weighted by Crippen LogP contribution is -2.52. The molecule has 1 N–H and O–H groups in total. The van der Waals surface area contributed by atoms with Gasteiger partial charge in [-0.15, -0.1) is 5.10 Å². The molecule has 4 rings (SSSR count). The van der Waals surface area contributed by atoms with Crippen LogP contribution >= 0.6 is 0 Å². The van der Waals surface area contributed by atoms with Crippen LogP contribution in [0, 0.1) is 0 Å². The number of hydrogen-bond acceptors (Lipinski definition) is 8. The van der Waals surface area contributed by atoms with Crippen LogP contribution in [0.25, 0.3) is 11.0 Å². The zero-order chi connectivity index (χ0) is 28.7. The van der Waals surface area contributed by atoms with E-state index in [1.54, 1.807) is 28.8 Å². The fraction of sp³-hybridized carbons (Fsp3) is 0.517. The van der Waals surface area contributed by atoms with Gasteiger partial charge in [-0.3, -0.25) is 14.5 Å². The molecule has 0 spiro atoms. The Balaban J connectivity index is 1.76. The number of amides is 2. The minimum Gasteiger partial charge on any atom is -0.493 e. The molecule has 0 radical (unpaired) electrons. The summed E-state index contributed by atoms with van der Waals surface area (Å²) in [6, 6.07) is 11.9. The van der Waals surface area contributed by atoms with Crippen molar-refractivity contribution in [2.45, 2.75) is 45.3 Å². The summed E-state index contributed by atoms with van der Waals surface area (Å²) in [5.74, 6) is 0.339. The maximum Gasteiger partial charge on any atom is 0.248 e. The third kappa shape index (κ3) is 6.71. The number of nitrogens with zero attached hydrogens (tertiary/aromatic N) is 5. The molecule has 1 saturated heterocycles. The molecule has 0 aliphatic carbocycles. The molecule has 11 nitrogen and oxygen atoms in total. The molecule has 1 aliphatic heterocycles. The number of nitrogens with one attached hydrogen (secondary N) is 1. The van der Waals surface area contributed by atoms with Crippen molar-refractivity contribution < 1.29 is 23.8 Å². The van der Waals surface area contributed by atoms with Gasteiger partial charge in [-0.2, -0.15) is 0 Å². The summed E-state index contributed by atoms with van der Waals surface area (Å²) in [6.07, 6.45) is 0.716. The molecule has 1 aromatic heterocycles. The maximum absolute atomic E-state index is 14.2. The molecule has 0 saturated carbocycles. The van der Waals surface area contributed by atoms with Gasteiger partial charge in [-0.05, 0) is 38.5 Å². The van der Waals surface area contributed by atoms with E-state index in [4.69, 9.17) is 14.2 Å². The van der Waals surface area contributed by atoms with Gasteiger partial charge in [0, 0.05) is 37.3 Å². The lowest BCUT2D eigenvalue weighted by Gasteiger charge is -2.37. The van der Waals surface area contributed by atoms with Gasteiger partial charge in [-0.1, -0.05) is 36.4 Å². The van der Waals surface area contributed by atoms with Crippen LogP contribution in [-0.4, -0.2) is 95.8 Å². The van der Waals surface area contributed by atoms with E-state index in [-0.39, 0.29) is 18.4 Å². The predicted octanol–water partition coefficient (Wildman–Crippen LogP) is 2.66. The Bertz CT molecular complexity index is 1300. The largest absolute Gasteiger partial charge is 0.493 e. The number of aromatic nitrogens is 3.